The number of anilines is 9. The van der Waals surface area contributed by atoms with Gasteiger partial charge in [-0.3, -0.25) is 0 Å². The van der Waals surface area contributed by atoms with E-state index in [1.54, 1.807) is 18.2 Å². The van der Waals surface area contributed by atoms with Crippen molar-refractivity contribution in [2.75, 3.05) is 14.7 Å². The lowest BCUT2D eigenvalue weighted by atomic mass is 9.67. The molecule has 2 atom stereocenters. The van der Waals surface area contributed by atoms with Gasteiger partial charge in [0.2, 0.25) is 0 Å². The maximum absolute atomic E-state index is 15.2. The summed E-state index contributed by atoms with van der Waals surface area (Å²) in [7, 11) is 0. The number of benzene rings is 16. The molecule has 0 heterocycles. The van der Waals surface area contributed by atoms with Crippen molar-refractivity contribution in [1.82, 2.24) is 0 Å². The highest BCUT2D eigenvalue weighted by molar-refractivity contribution is 9.10. The number of rotatable bonds is 16. The molecular formula is C100H64BrF4N3O. The molecule has 0 fully saturated rings. The Balaban J connectivity index is 0.691. The van der Waals surface area contributed by atoms with Crippen LogP contribution in [0.1, 0.15) is 50.1 Å². The van der Waals surface area contributed by atoms with E-state index >= 15 is 13.2 Å². The largest absolute Gasteiger partial charge is 0.457 e. The SMILES string of the molecule is C=Cc1ccc(Oc2ccc(C3(c4ccc(F)cc4)c4ccccc4-c4ccc(N(c5ccc(F)cc5)c5ccc(-c6ccc(N(c7ccc(F)cc7)c7ccc8c(c7)C7(c9ccccc9-c9ccc(N(c%10ccc(F)cc%10)c%10ccc(-c%11ccc(Br)cc%11)cc%10)cc97)c7ccccc7-8)cc6)cc5)cc43)cc2)cc1. The van der Waals surface area contributed by atoms with E-state index in [-0.39, 0.29) is 23.3 Å². The molecule has 0 amide bonds. The fraction of sp³-hybridized carbons (Fsp3) is 0.0200. The van der Waals surface area contributed by atoms with Gasteiger partial charge in [-0.15, -0.1) is 0 Å². The van der Waals surface area contributed by atoms with Crippen LogP contribution >= 0.6 is 15.9 Å². The van der Waals surface area contributed by atoms with E-state index in [2.05, 4.69) is 262 Å². The van der Waals surface area contributed by atoms with Crippen LogP contribution in [0, 0.1) is 23.3 Å². The molecule has 2 unspecified atom stereocenters. The van der Waals surface area contributed by atoms with E-state index < -0.39 is 10.8 Å². The Morgan fingerprint density at radius 1 is 0.257 bits per heavy atom. The van der Waals surface area contributed by atoms with Gasteiger partial charge in [0.1, 0.15) is 34.8 Å². The highest BCUT2D eigenvalue weighted by Gasteiger charge is 2.52. The molecule has 3 aliphatic rings. The van der Waals surface area contributed by atoms with Gasteiger partial charge in [0, 0.05) is 55.7 Å². The number of hydrogen-bond acceptors (Lipinski definition) is 4. The van der Waals surface area contributed by atoms with Gasteiger partial charge >= 0.3 is 0 Å². The lowest BCUT2D eigenvalue weighted by Gasteiger charge is -2.35. The molecule has 16 aromatic rings. The number of hydrogen-bond donors (Lipinski definition) is 0. The molecule has 9 heteroatoms. The monoisotopic (exact) mass is 1480 g/mol. The zero-order valence-corrected chi connectivity index (χ0v) is 60.2. The number of halogens is 5. The van der Waals surface area contributed by atoms with Crippen LogP contribution in [0.25, 0.3) is 61.7 Å². The van der Waals surface area contributed by atoms with Crippen molar-refractivity contribution in [2.45, 2.75) is 10.8 Å². The summed E-state index contributed by atoms with van der Waals surface area (Å²) in [6.45, 7) is 3.89. The number of nitrogens with zero attached hydrogens (tertiary/aromatic N) is 3. The van der Waals surface area contributed by atoms with Crippen molar-refractivity contribution >= 4 is 73.2 Å². The normalized spacial score (nSPS) is 14.6. The molecule has 0 saturated heterocycles. The zero-order valence-electron chi connectivity index (χ0n) is 58.6. The minimum absolute atomic E-state index is 0.315. The van der Waals surface area contributed by atoms with Gasteiger partial charge in [0.25, 0.3) is 0 Å². The Kier molecular flexibility index (Phi) is 16.4. The summed E-state index contributed by atoms with van der Waals surface area (Å²) in [6, 6.07) is 122. The predicted molar refractivity (Wildman–Crippen MR) is 439 cm³/mol. The van der Waals surface area contributed by atoms with E-state index in [0.717, 1.165) is 150 Å². The van der Waals surface area contributed by atoms with Crippen molar-refractivity contribution in [2.24, 2.45) is 0 Å². The van der Waals surface area contributed by atoms with Gasteiger partial charge in [0.05, 0.1) is 10.8 Å². The summed E-state index contributed by atoms with van der Waals surface area (Å²) in [5.74, 6) is 0.0218. The molecule has 16 aromatic carbocycles. The van der Waals surface area contributed by atoms with Crippen LogP contribution in [0.15, 0.2) is 381 Å². The molecule has 109 heavy (non-hydrogen) atoms. The standard InChI is InChI=1S/C100H64BrF4N3O/c1-2-64-15-54-85(55-16-64)109-86-56-27-70(28-57-86)99(69-25-31-72(102)32-26-69)93-12-6-3-9-87(93)90-58-51-82(61-96(90)99)106(79-45-33-73(103)34-46-79)76-41-21-67(22-42-76)68-23-43-78(44-24-68)108(81-49-37-75(105)38-50-81)84-53-60-92-89-11-5-8-14-95(89)100(98(92)63-84)94-13-7-4-10-88(94)91-59-52-83(62-97(91)100)107(80-47-35-74(104)36-48-80)77-39-19-66(20-40-77)65-17-29-71(101)30-18-65/h2-63H,1H2. The topological polar surface area (TPSA) is 19.0 Å². The summed E-state index contributed by atoms with van der Waals surface area (Å²) in [5, 5.41) is 0. The maximum atomic E-state index is 15.2. The van der Waals surface area contributed by atoms with Crippen molar-refractivity contribution < 1.29 is 22.3 Å². The third-order valence-corrected chi connectivity index (χ3v) is 22.4. The molecule has 0 radical (unpaired) electrons. The molecule has 1 spiro atoms. The van der Waals surface area contributed by atoms with Gasteiger partial charge in [0.15, 0.2) is 0 Å². The number of fused-ring (bicyclic) bond motifs is 13. The van der Waals surface area contributed by atoms with E-state index in [0.29, 0.717) is 11.5 Å². The average Bonchev–Trinajstić information content (AvgIpc) is 1.51. The van der Waals surface area contributed by atoms with Crippen LogP contribution in [0.3, 0.4) is 0 Å². The van der Waals surface area contributed by atoms with Crippen LogP contribution in [-0.4, -0.2) is 0 Å². The third-order valence-electron chi connectivity index (χ3n) is 21.9. The van der Waals surface area contributed by atoms with Gasteiger partial charge in [-0.1, -0.05) is 205 Å². The predicted octanol–water partition coefficient (Wildman–Crippen LogP) is 27.9. The Hall–Kier alpha value is -13.3. The first-order chi connectivity index (χ1) is 53.5. The van der Waals surface area contributed by atoms with Gasteiger partial charge < -0.3 is 19.4 Å². The van der Waals surface area contributed by atoms with Crippen LogP contribution in [0.2, 0.25) is 0 Å². The summed E-state index contributed by atoms with van der Waals surface area (Å²) < 4.78 is 67.7. The van der Waals surface area contributed by atoms with Crippen LogP contribution in [0.4, 0.5) is 68.7 Å². The van der Waals surface area contributed by atoms with Crippen LogP contribution < -0.4 is 19.4 Å². The van der Waals surface area contributed by atoms with Gasteiger partial charge in [-0.25, -0.2) is 17.6 Å². The van der Waals surface area contributed by atoms with Crippen LogP contribution in [0.5, 0.6) is 11.5 Å². The summed E-state index contributed by atoms with van der Waals surface area (Å²) in [6.07, 6.45) is 1.80. The first-order valence-corrected chi connectivity index (χ1v) is 37.0. The smallest absolute Gasteiger partial charge is 0.127 e. The molecule has 0 bridgehead atoms. The first kappa shape index (κ1) is 66.4. The first-order valence-electron chi connectivity index (χ1n) is 36.2. The molecule has 19 rings (SSSR count). The van der Waals surface area contributed by atoms with Crippen molar-refractivity contribution in [3.63, 3.8) is 0 Å². The van der Waals surface area contributed by atoms with E-state index in [4.69, 9.17) is 4.74 Å². The number of ether oxygens (including phenoxy) is 1. The van der Waals surface area contributed by atoms with Gasteiger partial charge in [-0.2, -0.15) is 0 Å². The van der Waals surface area contributed by atoms with Crippen molar-refractivity contribution in [1.29, 1.82) is 0 Å². The Labute approximate surface area is 638 Å². The van der Waals surface area contributed by atoms with E-state index in [1.165, 1.54) is 59.7 Å². The minimum Gasteiger partial charge on any atom is -0.457 e. The summed E-state index contributed by atoms with van der Waals surface area (Å²) in [4.78, 5) is 6.55. The van der Waals surface area contributed by atoms with E-state index in [1.807, 2.05) is 84.9 Å². The fourth-order valence-electron chi connectivity index (χ4n) is 17.0. The highest BCUT2D eigenvalue weighted by atomic mass is 79.9. The molecule has 4 nitrogen and oxygen atoms in total. The Bertz CT molecular complexity index is 6160. The highest BCUT2D eigenvalue weighted by Crippen LogP contribution is 2.65. The second-order valence-corrected chi connectivity index (χ2v) is 28.7. The molecule has 520 valence electrons. The molecular weight excluding hydrogens is 1420 g/mol. The summed E-state index contributed by atoms with van der Waals surface area (Å²) in [5.41, 5.74) is 26.1. The summed E-state index contributed by atoms with van der Waals surface area (Å²) >= 11 is 3.59. The Morgan fingerprint density at radius 2 is 0.514 bits per heavy atom. The van der Waals surface area contributed by atoms with Crippen LogP contribution in [-0.2, 0) is 10.8 Å². The van der Waals surface area contributed by atoms with E-state index in [9.17, 15) is 4.39 Å². The lowest BCUT2D eigenvalue weighted by molar-refractivity contribution is 0.482. The zero-order chi connectivity index (χ0) is 73.5. The minimum atomic E-state index is -0.905. The quantitative estimate of drug-likeness (QED) is 0.0898. The lowest BCUT2D eigenvalue weighted by Crippen LogP contribution is -2.28. The molecule has 3 aliphatic carbocycles. The second-order valence-electron chi connectivity index (χ2n) is 27.8. The molecule has 0 N–H and O–H groups in total. The maximum Gasteiger partial charge on any atom is 0.127 e. The fourth-order valence-corrected chi connectivity index (χ4v) is 17.3. The molecule has 0 saturated carbocycles. The second kappa shape index (κ2) is 26.9. The van der Waals surface area contributed by atoms with Crippen molar-refractivity contribution in [3.8, 4) is 67.1 Å². The third kappa shape index (κ3) is 11.3. The Morgan fingerprint density at radius 3 is 0.853 bits per heavy atom. The van der Waals surface area contributed by atoms with Crippen molar-refractivity contribution in [3.05, 3.63) is 454 Å². The van der Waals surface area contributed by atoms with Gasteiger partial charge in [-0.05, 0) is 300 Å². The average molecular weight is 1480 g/mol. The molecule has 0 aromatic heterocycles. The molecule has 0 aliphatic heterocycles.